The average molecular weight is 355 g/mol. The van der Waals surface area contributed by atoms with Gasteiger partial charge in [-0.3, -0.25) is 14.5 Å². The van der Waals surface area contributed by atoms with E-state index in [0.29, 0.717) is 19.4 Å². The molecule has 0 bridgehead atoms. The van der Waals surface area contributed by atoms with Crippen molar-refractivity contribution in [3.63, 3.8) is 0 Å². The van der Waals surface area contributed by atoms with Crippen LogP contribution in [0, 0.1) is 0 Å². The molecule has 0 heterocycles. The molecule has 0 fully saturated rings. The second kappa shape index (κ2) is 16.1. The molecule has 0 unspecified atom stereocenters. The van der Waals surface area contributed by atoms with E-state index in [9.17, 15) is 9.59 Å². The van der Waals surface area contributed by atoms with Crippen LogP contribution in [0.2, 0.25) is 0 Å². The van der Waals surface area contributed by atoms with Crippen LogP contribution >= 0.6 is 0 Å². The van der Waals surface area contributed by atoms with Crippen LogP contribution in [-0.4, -0.2) is 48.6 Å². The van der Waals surface area contributed by atoms with Crippen molar-refractivity contribution in [1.29, 1.82) is 0 Å². The lowest BCUT2D eigenvalue weighted by molar-refractivity contribution is -0.142. The number of nitrogens with one attached hydrogen (secondary N) is 1. The van der Waals surface area contributed by atoms with Crippen molar-refractivity contribution >= 4 is 11.9 Å². The van der Waals surface area contributed by atoms with Gasteiger partial charge in [0, 0.05) is 13.0 Å². The summed E-state index contributed by atoms with van der Waals surface area (Å²) < 4.78 is 0. The molecule has 146 valence electrons. The Morgan fingerprint density at radius 2 is 1.68 bits per heavy atom. The van der Waals surface area contributed by atoms with Gasteiger partial charge >= 0.3 is 5.97 Å². The third-order valence-electron chi connectivity index (χ3n) is 4.31. The quantitative estimate of drug-likeness (QED) is 0.325. The number of nitrogens with zero attached hydrogens (tertiary/aromatic N) is 1. The lowest BCUT2D eigenvalue weighted by atomic mass is 10.1. The number of allylic oxidation sites excluding steroid dienone is 2. The third kappa shape index (κ3) is 14.7. The SMILES string of the molecule is CC/C=C/CCCCCCCC(=O)NCCCC[C@@H](C(=O)O)N(C)C. The molecule has 0 saturated carbocycles. The lowest BCUT2D eigenvalue weighted by Crippen LogP contribution is -2.35. The van der Waals surface area contributed by atoms with E-state index in [1.54, 1.807) is 19.0 Å². The highest BCUT2D eigenvalue weighted by atomic mass is 16.4. The van der Waals surface area contributed by atoms with Gasteiger partial charge in [0.2, 0.25) is 5.91 Å². The van der Waals surface area contributed by atoms with Gasteiger partial charge in [-0.05, 0) is 59.0 Å². The molecule has 5 nitrogen and oxygen atoms in total. The van der Waals surface area contributed by atoms with Crippen LogP contribution in [0.5, 0.6) is 0 Å². The van der Waals surface area contributed by atoms with Gasteiger partial charge in [-0.15, -0.1) is 0 Å². The number of likely N-dealkylation sites (N-methyl/N-ethyl adjacent to an activating group) is 1. The van der Waals surface area contributed by atoms with E-state index in [-0.39, 0.29) is 5.91 Å². The predicted octanol–water partition coefficient (Wildman–Crippen LogP) is 3.98. The van der Waals surface area contributed by atoms with Crippen molar-refractivity contribution in [2.24, 2.45) is 0 Å². The average Bonchev–Trinajstić information content (AvgIpc) is 2.55. The zero-order valence-corrected chi connectivity index (χ0v) is 16.4. The van der Waals surface area contributed by atoms with Gasteiger partial charge in [-0.1, -0.05) is 38.3 Å². The van der Waals surface area contributed by atoms with Gasteiger partial charge in [0.1, 0.15) is 6.04 Å². The smallest absolute Gasteiger partial charge is 0.320 e. The number of carbonyl (C=O) groups is 2. The van der Waals surface area contributed by atoms with Crippen LogP contribution in [0.4, 0.5) is 0 Å². The summed E-state index contributed by atoms with van der Waals surface area (Å²) >= 11 is 0. The van der Waals surface area contributed by atoms with E-state index in [0.717, 1.165) is 32.1 Å². The summed E-state index contributed by atoms with van der Waals surface area (Å²) in [5.41, 5.74) is 0. The van der Waals surface area contributed by atoms with Gasteiger partial charge in [0.05, 0.1) is 0 Å². The zero-order chi connectivity index (χ0) is 18.9. The number of hydrogen-bond acceptors (Lipinski definition) is 3. The molecule has 0 rings (SSSR count). The Morgan fingerprint density at radius 1 is 1.00 bits per heavy atom. The molecular formula is C20H38N2O3. The number of carboxylic acids is 1. The minimum atomic E-state index is -0.782. The number of amides is 1. The molecule has 0 aromatic heterocycles. The van der Waals surface area contributed by atoms with Gasteiger partial charge in [0.15, 0.2) is 0 Å². The molecule has 0 aromatic carbocycles. The minimum absolute atomic E-state index is 0.119. The summed E-state index contributed by atoms with van der Waals surface area (Å²) in [5.74, 6) is -0.663. The first-order chi connectivity index (χ1) is 12.0. The van der Waals surface area contributed by atoms with E-state index in [1.807, 2.05) is 0 Å². The largest absolute Gasteiger partial charge is 0.480 e. The number of rotatable bonds is 16. The molecule has 25 heavy (non-hydrogen) atoms. The number of unbranched alkanes of at least 4 members (excludes halogenated alkanes) is 6. The fourth-order valence-corrected chi connectivity index (χ4v) is 2.74. The maximum absolute atomic E-state index is 11.7. The van der Waals surface area contributed by atoms with Crippen LogP contribution < -0.4 is 5.32 Å². The Balaban J connectivity index is 3.47. The second-order valence-corrected chi connectivity index (χ2v) is 6.85. The van der Waals surface area contributed by atoms with E-state index < -0.39 is 12.0 Å². The summed E-state index contributed by atoms with van der Waals surface area (Å²) in [5, 5.41) is 12.0. The first-order valence-electron chi connectivity index (χ1n) is 9.80. The lowest BCUT2D eigenvalue weighted by Gasteiger charge is -2.19. The molecule has 1 amide bonds. The third-order valence-corrected chi connectivity index (χ3v) is 4.31. The molecule has 5 heteroatoms. The summed E-state index contributed by atoms with van der Waals surface area (Å²) in [6, 6.07) is -0.437. The van der Waals surface area contributed by atoms with Crippen LogP contribution in [0.1, 0.15) is 77.6 Å². The zero-order valence-electron chi connectivity index (χ0n) is 16.4. The predicted molar refractivity (Wildman–Crippen MR) is 104 cm³/mol. The van der Waals surface area contributed by atoms with Gasteiger partial charge in [0.25, 0.3) is 0 Å². The van der Waals surface area contributed by atoms with Gasteiger partial charge in [-0.2, -0.15) is 0 Å². The standard InChI is InChI=1S/C20H38N2O3/c1-4-5-6-7-8-9-10-11-12-16-19(23)21-17-14-13-15-18(20(24)25)22(2)3/h5-6,18H,4,7-17H2,1-3H3,(H,21,23)(H,24,25)/b6-5+/t18-/m0/s1. The van der Waals surface area contributed by atoms with Crippen molar-refractivity contribution in [3.05, 3.63) is 12.2 Å². The maximum atomic E-state index is 11.7. The van der Waals surface area contributed by atoms with E-state index >= 15 is 0 Å². The summed E-state index contributed by atoms with van der Waals surface area (Å²) in [7, 11) is 3.56. The van der Waals surface area contributed by atoms with Gasteiger partial charge in [-0.25, -0.2) is 0 Å². The Hall–Kier alpha value is -1.36. The monoisotopic (exact) mass is 354 g/mol. The fourth-order valence-electron chi connectivity index (χ4n) is 2.74. The summed E-state index contributed by atoms with van der Waals surface area (Å²) in [6.07, 6.45) is 15.4. The molecule has 2 N–H and O–H groups in total. The van der Waals surface area contributed by atoms with Crippen molar-refractivity contribution in [3.8, 4) is 0 Å². The van der Waals surface area contributed by atoms with Crippen molar-refractivity contribution in [2.75, 3.05) is 20.6 Å². The molecular weight excluding hydrogens is 316 g/mol. The topological polar surface area (TPSA) is 69.6 Å². The molecule has 0 radical (unpaired) electrons. The first-order valence-corrected chi connectivity index (χ1v) is 9.80. The normalized spacial score (nSPS) is 12.6. The Kier molecular flexibility index (Phi) is 15.2. The highest BCUT2D eigenvalue weighted by Gasteiger charge is 2.18. The fraction of sp³-hybridized carbons (Fsp3) is 0.800. The number of hydrogen-bond donors (Lipinski definition) is 2. The van der Waals surface area contributed by atoms with Crippen LogP contribution in [0.25, 0.3) is 0 Å². The Labute approximate surface area is 153 Å². The number of carboxylic acid groups (broad SMARTS) is 1. The van der Waals surface area contributed by atoms with Crippen LogP contribution in [0.15, 0.2) is 12.2 Å². The Morgan fingerprint density at radius 3 is 2.32 bits per heavy atom. The molecule has 0 saturated heterocycles. The molecule has 0 aliphatic rings. The highest BCUT2D eigenvalue weighted by molar-refractivity contribution is 5.75. The van der Waals surface area contributed by atoms with Crippen LogP contribution in [-0.2, 0) is 9.59 Å². The minimum Gasteiger partial charge on any atom is -0.480 e. The van der Waals surface area contributed by atoms with E-state index in [1.165, 1.54) is 25.7 Å². The number of aliphatic carboxylic acids is 1. The molecule has 0 aromatic rings. The number of carbonyl (C=O) groups excluding carboxylic acids is 1. The molecule has 1 atom stereocenters. The first kappa shape index (κ1) is 23.6. The summed E-state index contributed by atoms with van der Waals surface area (Å²) in [4.78, 5) is 24.5. The van der Waals surface area contributed by atoms with Crippen LogP contribution in [0.3, 0.4) is 0 Å². The van der Waals surface area contributed by atoms with E-state index in [4.69, 9.17) is 5.11 Å². The summed E-state index contributed by atoms with van der Waals surface area (Å²) in [6.45, 7) is 2.79. The second-order valence-electron chi connectivity index (χ2n) is 6.85. The molecule has 0 spiro atoms. The van der Waals surface area contributed by atoms with Crippen molar-refractivity contribution in [1.82, 2.24) is 10.2 Å². The maximum Gasteiger partial charge on any atom is 0.320 e. The Bertz CT molecular complexity index is 381. The molecule has 0 aliphatic heterocycles. The highest BCUT2D eigenvalue weighted by Crippen LogP contribution is 2.08. The molecule has 0 aliphatic carbocycles. The van der Waals surface area contributed by atoms with Crippen molar-refractivity contribution < 1.29 is 14.7 Å². The van der Waals surface area contributed by atoms with Crippen molar-refractivity contribution in [2.45, 2.75) is 83.6 Å². The van der Waals surface area contributed by atoms with E-state index in [2.05, 4.69) is 24.4 Å². The van der Waals surface area contributed by atoms with Gasteiger partial charge < -0.3 is 10.4 Å².